The molecule has 2 aromatic rings. The molecular formula is C20H26N4OS. The zero-order valence-corrected chi connectivity index (χ0v) is 16.3. The number of hydrogen-bond donors (Lipinski definition) is 1. The summed E-state index contributed by atoms with van der Waals surface area (Å²) < 4.78 is 2.29. The van der Waals surface area contributed by atoms with Gasteiger partial charge in [0.05, 0.1) is 11.8 Å². The van der Waals surface area contributed by atoms with E-state index < -0.39 is 0 Å². The van der Waals surface area contributed by atoms with Crippen molar-refractivity contribution < 1.29 is 4.79 Å². The first kappa shape index (κ1) is 17.6. The molecule has 1 aromatic carbocycles. The quantitative estimate of drug-likeness (QED) is 0.713. The second kappa shape index (κ2) is 7.43. The van der Waals surface area contributed by atoms with E-state index in [2.05, 4.69) is 51.3 Å². The fourth-order valence-electron chi connectivity index (χ4n) is 3.22. The molecule has 1 N–H and O–H groups in total. The normalized spacial score (nSPS) is 17.9. The van der Waals surface area contributed by atoms with Gasteiger partial charge in [0.2, 0.25) is 5.91 Å². The first-order chi connectivity index (χ1) is 12.7. The van der Waals surface area contributed by atoms with Gasteiger partial charge in [-0.2, -0.15) is 0 Å². The molecule has 4 rings (SSSR count). The van der Waals surface area contributed by atoms with E-state index in [1.165, 1.54) is 43.0 Å². The Kier molecular flexibility index (Phi) is 5.02. The number of thioether (sulfide) groups is 1. The van der Waals surface area contributed by atoms with Crippen molar-refractivity contribution in [1.29, 1.82) is 0 Å². The summed E-state index contributed by atoms with van der Waals surface area (Å²) in [7, 11) is 0. The lowest BCUT2D eigenvalue weighted by Gasteiger charge is -2.15. The van der Waals surface area contributed by atoms with Crippen LogP contribution in [0.15, 0.2) is 29.4 Å². The predicted octanol–water partition coefficient (Wildman–Crippen LogP) is 4.02. The number of nitrogens with zero attached hydrogens (tertiary/aromatic N) is 3. The largest absolute Gasteiger partial charge is 0.349 e. The van der Waals surface area contributed by atoms with Crippen LogP contribution in [0.2, 0.25) is 0 Å². The van der Waals surface area contributed by atoms with E-state index in [1.54, 1.807) is 0 Å². The molecule has 6 heteroatoms. The van der Waals surface area contributed by atoms with Crippen molar-refractivity contribution in [2.75, 3.05) is 5.75 Å². The predicted molar refractivity (Wildman–Crippen MR) is 103 cm³/mol. The van der Waals surface area contributed by atoms with Gasteiger partial charge in [-0.3, -0.25) is 4.79 Å². The maximum atomic E-state index is 12.4. The number of benzene rings is 1. The van der Waals surface area contributed by atoms with Crippen LogP contribution < -0.4 is 5.32 Å². The molecule has 0 spiro atoms. The first-order valence-electron chi connectivity index (χ1n) is 9.61. The maximum absolute atomic E-state index is 12.4. The standard InChI is InChI=1S/C20H26N4OS/c1-3-14-4-6-15(7-5-14)13(2)21-18(25)12-26-20-23-22-19(16-8-9-16)24(20)17-10-11-17/h4-7,13,16-17H,3,8-12H2,1-2H3,(H,21,25)/t13-/m0/s1. The van der Waals surface area contributed by atoms with Crippen LogP contribution in [0.3, 0.4) is 0 Å². The van der Waals surface area contributed by atoms with Crippen molar-refractivity contribution >= 4 is 17.7 Å². The van der Waals surface area contributed by atoms with Gasteiger partial charge in [0.25, 0.3) is 0 Å². The number of rotatable bonds is 8. The van der Waals surface area contributed by atoms with Crippen LogP contribution in [0.5, 0.6) is 0 Å². The van der Waals surface area contributed by atoms with E-state index in [9.17, 15) is 4.79 Å². The van der Waals surface area contributed by atoms with E-state index in [0.717, 1.165) is 23.0 Å². The molecule has 26 heavy (non-hydrogen) atoms. The molecule has 1 atom stereocenters. The summed E-state index contributed by atoms with van der Waals surface area (Å²) in [5, 5.41) is 12.8. The molecule has 1 aromatic heterocycles. The van der Waals surface area contributed by atoms with E-state index in [1.807, 2.05) is 6.92 Å². The number of carbonyl (C=O) groups excluding carboxylic acids is 1. The SMILES string of the molecule is CCc1ccc([C@H](C)NC(=O)CSc2nnc(C3CC3)n2C2CC2)cc1. The first-order valence-corrected chi connectivity index (χ1v) is 10.6. The highest BCUT2D eigenvalue weighted by Crippen LogP contribution is 2.45. The summed E-state index contributed by atoms with van der Waals surface area (Å²) in [6.07, 6.45) is 5.90. The Bertz CT molecular complexity index is 778. The summed E-state index contributed by atoms with van der Waals surface area (Å²) in [6.45, 7) is 4.17. The van der Waals surface area contributed by atoms with Crippen LogP contribution >= 0.6 is 11.8 Å². The van der Waals surface area contributed by atoms with E-state index in [4.69, 9.17) is 0 Å². The minimum absolute atomic E-state index is 0.0114. The molecule has 1 amide bonds. The molecule has 2 fully saturated rings. The number of nitrogens with one attached hydrogen (secondary N) is 1. The van der Waals surface area contributed by atoms with Gasteiger partial charge in [0.1, 0.15) is 5.82 Å². The molecule has 0 saturated heterocycles. The zero-order valence-electron chi connectivity index (χ0n) is 15.4. The fourth-order valence-corrected chi connectivity index (χ4v) is 4.04. The Balaban J connectivity index is 1.34. The third-order valence-electron chi connectivity index (χ3n) is 5.14. The van der Waals surface area contributed by atoms with E-state index >= 15 is 0 Å². The Morgan fingerprint density at radius 1 is 1.23 bits per heavy atom. The zero-order chi connectivity index (χ0) is 18.1. The van der Waals surface area contributed by atoms with Crippen molar-refractivity contribution in [3.8, 4) is 0 Å². The molecule has 138 valence electrons. The second-order valence-electron chi connectivity index (χ2n) is 7.39. The van der Waals surface area contributed by atoms with Crippen LogP contribution in [0.4, 0.5) is 0 Å². The minimum Gasteiger partial charge on any atom is -0.349 e. The van der Waals surface area contributed by atoms with Gasteiger partial charge in [-0.15, -0.1) is 10.2 Å². The van der Waals surface area contributed by atoms with Crippen LogP contribution in [-0.4, -0.2) is 26.4 Å². The third kappa shape index (κ3) is 3.95. The summed E-state index contributed by atoms with van der Waals surface area (Å²) in [6, 6.07) is 9.03. The van der Waals surface area contributed by atoms with Crippen molar-refractivity contribution in [2.24, 2.45) is 0 Å². The molecule has 0 bridgehead atoms. The van der Waals surface area contributed by atoms with Gasteiger partial charge in [-0.25, -0.2) is 0 Å². The monoisotopic (exact) mass is 370 g/mol. The van der Waals surface area contributed by atoms with Crippen LogP contribution in [0.1, 0.15) is 74.5 Å². The number of aryl methyl sites for hydroxylation is 1. The van der Waals surface area contributed by atoms with Gasteiger partial charge in [0, 0.05) is 12.0 Å². The lowest BCUT2D eigenvalue weighted by Crippen LogP contribution is -2.28. The highest BCUT2D eigenvalue weighted by molar-refractivity contribution is 7.99. The van der Waals surface area contributed by atoms with Gasteiger partial charge in [0.15, 0.2) is 5.16 Å². The van der Waals surface area contributed by atoms with Gasteiger partial charge >= 0.3 is 0 Å². The molecule has 2 aliphatic carbocycles. The lowest BCUT2D eigenvalue weighted by atomic mass is 10.1. The smallest absolute Gasteiger partial charge is 0.230 e. The molecule has 0 unspecified atom stereocenters. The van der Waals surface area contributed by atoms with Crippen molar-refractivity contribution in [1.82, 2.24) is 20.1 Å². The topological polar surface area (TPSA) is 59.8 Å². The van der Waals surface area contributed by atoms with Gasteiger partial charge in [-0.1, -0.05) is 43.0 Å². The number of hydrogen-bond acceptors (Lipinski definition) is 4. The molecule has 2 aliphatic rings. The number of amides is 1. The van der Waals surface area contributed by atoms with Crippen molar-refractivity contribution in [3.63, 3.8) is 0 Å². The number of carbonyl (C=O) groups is 1. The van der Waals surface area contributed by atoms with Crippen molar-refractivity contribution in [3.05, 3.63) is 41.2 Å². The Hall–Kier alpha value is -1.82. The van der Waals surface area contributed by atoms with Gasteiger partial charge < -0.3 is 9.88 Å². The third-order valence-corrected chi connectivity index (χ3v) is 6.09. The molecule has 2 saturated carbocycles. The molecular weight excluding hydrogens is 344 g/mol. The van der Waals surface area contributed by atoms with Crippen molar-refractivity contribution in [2.45, 2.75) is 69.1 Å². The highest BCUT2D eigenvalue weighted by atomic mass is 32.2. The van der Waals surface area contributed by atoms with Crippen LogP contribution in [-0.2, 0) is 11.2 Å². The molecule has 0 radical (unpaired) electrons. The minimum atomic E-state index is 0.0114. The second-order valence-corrected chi connectivity index (χ2v) is 8.33. The molecule has 0 aliphatic heterocycles. The summed E-state index contributed by atoms with van der Waals surface area (Å²) in [5.41, 5.74) is 2.45. The fraction of sp³-hybridized carbons (Fsp3) is 0.550. The Morgan fingerprint density at radius 3 is 2.58 bits per heavy atom. The van der Waals surface area contributed by atoms with E-state index in [-0.39, 0.29) is 11.9 Å². The summed E-state index contributed by atoms with van der Waals surface area (Å²) >= 11 is 1.51. The molecule has 1 heterocycles. The Morgan fingerprint density at radius 2 is 1.96 bits per heavy atom. The lowest BCUT2D eigenvalue weighted by molar-refractivity contribution is -0.119. The molecule has 5 nitrogen and oxygen atoms in total. The maximum Gasteiger partial charge on any atom is 0.230 e. The average molecular weight is 371 g/mol. The Labute approximate surface area is 159 Å². The van der Waals surface area contributed by atoms with Crippen LogP contribution in [0.25, 0.3) is 0 Å². The van der Waals surface area contributed by atoms with E-state index in [0.29, 0.717) is 17.7 Å². The summed E-state index contributed by atoms with van der Waals surface area (Å²) in [5.74, 6) is 2.16. The highest BCUT2D eigenvalue weighted by Gasteiger charge is 2.36. The number of aromatic nitrogens is 3. The average Bonchev–Trinajstić information content (AvgIpc) is 3.58. The summed E-state index contributed by atoms with van der Waals surface area (Å²) in [4.78, 5) is 12.4. The van der Waals surface area contributed by atoms with Gasteiger partial charge in [-0.05, 0) is 50.2 Å². The van der Waals surface area contributed by atoms with Crippen LogP contribution in [0, 0.1) is 0 Å².